The van der Waals surface area contributed by atoms with Gasteiger partial charge in [-0.05, 0) is 56.4 Å². The van der Waals surface area contributed by atoms with Crippen molar-refractivity contribution in [2.75, 3.05) is 13.7 Å². The highest BCUT2D eigenvalue weighted by Crippen LogP contribution is 2.36. The molecule has 0 spiro atoms. The molecule has 7 heteroatoms. The molecule has 0 heterocycles. The van der Waals surface area contributed by atoms with Crippen molar-refractivity contribution in [2.24, 2.45) is 5.92 Å². The number of halogens is 1. The minimum atomic E-state index is -0.861. The average Bonchev–Trinajstić information content (AvgIpc) is 2.69. The molecule has 29 heavy (non-hydrogen) atoms. The van der Waals surface area contributed by atoms with Crippen molar-refractivity contribution in [3.8, 4) is 11.5 Å². The van der Waals surface area contributed by atoms with E-state index in [2.05, 4.69) is 12.2 Å². The zero-order valence-corrected chi connectivity index (χ0v) is 18.3. The summed E-state index contributed by atoms with van der Waals surface area (Å²) in [5.74, 6) is 0.500. The van der Waals surface area contributed by atoms with Crippen LogP contribution in [-0.2, 0) is 14.3 Å². The summed E-state index contributed by atoms with van der Waals surface area (Å²) in [5.41, 5.74) is 0.653. The molecule has 0 radical (unpaired) electrons. The lowest BCUT2D eigenvalue weighted by Crippen LogP contribution is -2.45. The Balaban J connectivity index is 1.94. The van der Waals surface area contributed by atoms with Crippen LogP contribution in [0, 0.1) is 5.92 Å². The molecule has 0 bridgehead atoms. The molecule has 6 nitrogen and oxygen atoms in total. The number of carbonyl (C=O) groups is 2. The van der Waals surface area contributed by atoms with Gasteiger partial charge in [0.2, 0.25) is 0 Å². The van der Waals surface area contributed by atoms with Crippen LogP contribution in [0.3, 0.4) is 0 Å². The van der Waals surface area contributed by atoms with Crippen LogP contribution < -0.4 is 14.8 Å². The van der Waals surface area contributed by atoms with Crippen LogP contribution in [0.4, 0.5) is 0 Å². The number of rotatable bonds is 8. The monoisotopic (exact) mass is 423 g/mol. The summed E-state index contributed by atoms with van der Waals surface area (Å²) in [6.07, 6.45) is 6.34. The Labute approximate surface area is 177 Å². The third-order valence-corrected chi connectivity index (χ3v) is 5.33. The molecule has 160 valence electrons. The topological polar surface area (TPSA) is 73.9 Å². The Bertz CT molecular complexity index is 749. The van der Waals surface area contributed by atoms with Gasteiger partial charge >= 0.3 is 5.97 Å². The second-order valence-corrected chi connectivity index (χ2v) is 7.66. The van der Waals surface area contributed by atoms with Crippen LogP contribution in [0.5, 0.6) is 11.5 Å². The van der Waals surface area contributed by atoms with Gasteiger partial charge in [-0.3, -0.25) is 4.79 Å². The summed E-state index contributed by atoms with van der Waals surface area (Å²) in [4.78, 5) is 24.5. The molecular formula is C22H30ClNO5. The van der Waals surface area contributed by atoms with E-state index >= 15 is 0 Å². The Morgan fingerprint density at radius 2 is 2.03 bits per heavy atom. The summed E-state index contributed by atoms with van der Waals surface area (Å²) in [6.45, 7) is 6.02. The number of esters is 1. The molecule has 1 aliphatic carbocycles. The second-order valence-electron chi connectivity index (χ2n) is 7.26. The normalized spacial score (nSPS) is 20.2. The zero-order valence-electron chi connectivity index (χ0n) is 17.5. The number of amides is 1. The summed E-state index contributed by atoms with van der Waals surface area (Å²) in [6, 6.07) is 3.52. The average molecular weight is 424 g/mol. The Kier molecular flexibility index (Phi) is 8.83. The fourth-order valence-electron chi connectivity index (χ4n) is 3.38. The number of methoxy groups -OCH3 is 1. The maximum atomic E-state index is 12.3. The van der Waals surface area contributed by atoms with Crippen molar-refractivity contribution < 1.29 is 23.8 Å². The van der Waals surface area contributed by atoms with Gasteiger partial charge in [0.05, 0.1) is 18.7 Å². The first kappa shape index (κ1) is 23.1. The van der Waals surface area contributed by atoms with Gasteiger partial charge in [0.1, 0.15) is 0 Å². The standard InChI is InChI=1S/C22H30ClNO5/c1-5-28-21-17(23)12-16(13-19(21)27-4)10-11-20(25)29-15(3)22(26)24-18-9-7-6-8-14(18)2/h10-15,18H,5-9H2,1-4H3,(H,24,26)/b11-10+/t14-,15-,18+/m0/s1. The molecular weight excluding hydrogens is 394 g/mol. The zero-order chi connectivity index (χ0) is 21.4. The van der Waals surface area contributed by atoms with Crippen LogP contribution in [0.25, 0.3) is 6.08 Å². The first-order chi connectivity index (χ1) is 13.8. The van der Waals surface area contributed by atoms with Gasteiger partial charge < -0.3 is 19.5 Å². The Hall–Kier alpha value is -2.21. The van der Waals surface area contributed by atoms with Gasteiger partial charge in [0, 0.05) is 12.1 Å². The third-order valence-electron chi connectivity index (χ3n) is 5.05. The molecule has 1 N–H and O–H groups in total. The number of ether oxygens (including phenoxy) is 3. The van der Waals surface area contributed by atoms with Crippen LogP contribution in [0.15, 0.2) is 18.2 Å². The van der Waals surface area contributed by atoms with Crippen molar-refractivity contribution in [3.63, 3.8) is 0 Å². The molecule has 0 aromatic heterocycles. The van der Waals surface area contributed by atoms with E-state index in [1.165, 1.54) is 19.6 Å². The lowest BCUT2D eigenvalue weighted by atomic mass is 9.86. The number of hydrogen-bond donors (Lipinski definition) is 1. The molecule has 2 rings (SSSR count). The fraction of sp³-hybridized carbons (Fsp3) is 0.545. The van der Waals surface area contributed by atoms with E-state index in [1.807, 2.05) is 6.92 Å². The predicted octanol–water partition coefficient (Wildman–Crippen LogP) is 4.39. The van der Waals surface area contributed by atoms with Crippen LogP contribution in [0.1, 0.15) is 52.0 Å². The minimum absolute atomic E-state index is 0.145. The van der Waals surface area contributed by atoms with Crippen molar-refractivity contribution in [3.05, 3.63) is 28.8 Å². The molecule has 1 fully saturated rings. The Morgan fingerprint density at radius 3 is 2.69 bits per heavy atom. The van der Waals surface area contributed by atoms with E-state index < -0.39 is 12.1 Å². The predicted molar refractivity (Wildman–Crippen MR) is 113 cm³/mol. The summed E-state index contributed by atoms with van der Waals surface area (Å²) >= 11 is 6.23. The van der Waals surface area contributed by atoms with Gasteiger partial charge in [0.15, 0.2) is 17.6 Å². The minimum Gasteiger partial charge on any atom is -0.493 e. The van der Waals surface area contributed by atoms with Crippen LogP contribution >= 0.6 is 11.6 Å². The van der Waals surface area contributed by atoms with E-state index in [4.69, 9.17) is 25.8 Å². The SMILES string of the molecule is CCOc1c(Cl)cc(/C=C/C(=O)O[C@@H](C)C(=O)N[C@@H]2CCCC[C@@H]2C)cc1OC. The number of hydrogen-bond acceptors (Lipinski definition) is 5. The maximum Gasteiger partial charge on any atom is 0.331 e. The molecule has 0 aliphatic heterocycles. The highest BCUT2D eigenvalue weighted by atomic mass is 35.5. The first-order valence-corrected chi connectivity index (χ1v) is 10.4. The lowest BCUT2D eigenvalue weighted by molar-refractivity contribution is -0.150. The number of carbonyl (C=O) groups excluding carboxylic acids is 2. The molecule has 1 saturated carbocycles. The van der Waals surface area contributed by atoms with Crippen molar-refractivity contribution >= 4 is 29.6 Å². The van der Waals surface area contributed by atoms with Crippen molar-refractivity contribution in [1.82, 2.24) is 5.32 Å². The highest BCUT2D eigenvalue weighted by molar-refractivity contribution is 6.32. The van der Waals surface area contributed by atoms with Crippen molar-refractivity contribution in [1.29, 1.82) is 0 Å². The maximum absolute atomic E-state index is 12.3. The first-order valence-electron chi connectivity index (χ1n) is 10.0. The smallest absolute Gasteiger partial charge is 0.331 e. The highest BCUT2D eigenvalue weighted by Gasteiger charge is 2.26. The molecule has 1 aliphatic rings. The molecule has 0 saturated heterocycles. The lowest BCUT2D eigenvalue weighted by Gasteiger charge is -2.30. The van der Waals surface area contributed by atoms with Crippen molar-refractivity contribution in [2.45, 2.75) is 58.6 Å². The third kappa shape index (κ3) is 6.67. The van der Waals surface area contributed by atoms with E-state index in [1.54, 1.807) is 25.1 Å². The van der Waals surface area contributed by atoms with Gasteiger partial charge in [-0.1, -0.05) is 31.4 Å². The molecule has 1 amide bonds. The van der Waals surface area contributed by atoms with E-state index in [0.29, 0.717) is 34.6 Å². The van der Waals surface area contributed by atoms with Gasteiger partial charge in [-0.15, -0.1) is 0 Å². The van der Waals surface area contributed by atoms with Crippen LogP contribution in [0.2, 0.25) is 5.02 Å². The molecule has 0 unspecified atom stereocenters. The van der Waals surface area contributed by atoms with E-state index in [-0.39, 0.29) is 11.9 Å². The summed E-state index contributed by atoms with van der Waals surface area (Å²) in [5, 5.41) is 3.38. The van der Waals surface area contributed by atoms with Gasteiger partial charge in [0.25, 0.3) is 5.91 Å². The molecule has 1 aromatic rings. The Morgan fingerprint density at radius 1 is 1.31 bits per heavy atom. The summed E-state index contributed by atoms with van der Waals surface area (Å²) in [7, 11) is 1.52. The van der Waals surface area contributed by atoms with E-state index in [0.717, 1.165) is 19.3 Å². The van der Waals surface area contributed by atoms with Crippen LogP contribution in [-0.4, -0.2) is 37.7 Å². The quantitative estimate of drug-likeness (QED) is 0.496. The van der Waals surface area contributed by atoms with E-state index in [9.17, 15) is 9.59 Å². The van der Waals surface area contributed by atoms with Gasteiger partial charge in [-0.25, -0.2) is 4.79 Å². The second kappa shape index (κ2) is 11.1. The van der Waals surface area contributed by atoms with Gasteiger partial charge in [-0.2, -0.15) is 0 Å². The molecule has 3 atom stereocenters. The molecule has 1 aromatic carbocycles. The largest absolute Gasteiger partial charge is 0.493 e. The summed E-state index contributed by atoms with van der Waals surface area (Å²) < 4.78 is 16.0. The number of nitrogens with one attached hydrogen (secondary N) is 1. The fourth-order valence-corrected chi connectivity index (χ4v) is 3.66. The number of benzene rings is 1.